The Morgan fingerprint density at radius 3 is 3.00 bits per heavy atom. The first kappa shape index (κ1) is 9.49. The molecule has 0 aromatic rings. The molecule has 1 fully saturated rings. The molecular formula is C11H15NO2. The molecule has 0 spiro atoms. The lowest BCUT2D eigenvalue weighted by molar-refractivity contribution is 0.127. The molecule has 0 saturated carbocycles. The quantitative estimate of drug-likeness (QED) is 0.718. The van der Waals surface area contributed by atoms with Gasteiger partial charge in [-0.1, -0.05) is 18.2 Å². The van der Waals surface area contributed by atoms with Crippen LogP contribution in [0.1, 0.15) is 6.42 Å². The van der Waals surface area contributed by atoms with E-state index in [1.807, 2.05) is 6.08 Å². The predicted molar refractivity (Wildman–Crippen MR) is 54.7 cm³/mol. The van der Waals surface area contributed by atoms with E-state index in [2.05, 4.69) is 23.5 Å². The number of rotatable bonds is 2. The molecule has 1 unspecified atom stereocenters. The maximum absolute atomic E-state index is 5.55. The van der Waals surface area contributed by atoms with Crippen LogP contribution in [-0.4, -0.2) is 26.5 Å². The van der Waals surface area contributed by atoms with Crippen molar-refractivity contribution in [2.24, 2.45) is 0 Å². The fraction of sp³-hybridized carbons (Fsp3) is 0.455. The monoisotopic (exact) mass is 193 g/mol. The molecule has 0 aromatic heterocycles. The summed E-state index contributed by atoms with van der Waals surface area (Å²) < 4.78 is 10.9. The second-order valence-corrected chi connectivity index (χ2v) is 3.27. The lowest BCUT2D eigenvalue weighted by Gasteiger charge is -2.14. The first-order valence-electron chi connectivity index (χ1n) is 4.88. The van der Waals surface area contributed by atoms with Gasteiger partial charge in [0.25, 0.3) is 0 Å². The molecule has 2 rings (SSSR count). The second-order valence-electron chi connectivity index (χ2n) is 3.27. The highest BCUT2D eigenvalue weighted by Crippen LogP contribution is 2.19. The molecule has 2 aliphatic rings. The van der Waals surface area contributed by atoms with Crippen LogP contribution in [-0.2, 0) is 9.47 Å². The Hall–Kier alpha value is -1.06. The minimum absolute atomic E-state index is 0.0102. The van der Waals surface area contributed by atoms with Crippen LogP contribution in [0.4, 0.5) is 0 Å². The number of hydrogen-bond acceptors (Lipinski definition) is 3. The summed E-state index contributed by atoms with van der Waals surface area (Å²) in [4.78, 5) is 0. The molecule has 1 aliphatic carbocycles. The van der Waals surface area contributed by atoms with Gasteiger partial charge in [0.05, 0.1) is 13.7 Å². The Morgan fingerprint density at radius 2 is 2.29 bits per heavy atom. The highest BCUT2D eigenvalue weighted by molar-refractivity contribution is 5.35. The average Bonchev–Trinajstić information content (AvgIpc) is 2.63. The Morgan fingerprint density at radius 1 is 1.43 bits per heavy atom. The van der Waals surface area contributed by atoms with Crippen molar-refractivity contribution in [3.63, 3.8) is 0 Å². The Kier molecular flexibility index (Phi) is 3.01. The molecule has 1 N–H and O–H groups in total. The van der Waals surface area contributed by atoms with Crippen molar-refractivity contribution in [2.45, 2.75) is 12.6 Å². The third-order valence-electron chi connectivity index (χ3n) is 2.34. The molecule has 1 atom stereocenters. The summed E-state index contributed by atoms with van der Waals surface area (Å²) in [5, 5.41) is 3.27. The molecule has 1 saturated heterocycles. The fourth-order valence-electron chi connectivity index (χ4n) is 1.65. The van der Waals surface area contributed by atoms with E-state index in [9.17, 15) is 0 Å². The van der Waals surface area contributed by atoms with Crippen molar-refractivity contribution in [2.75, 3.05) is 20.3 Å². The minimum atomic E-state index is -0.0102. The van der Waals surface area contributed by atoms with Crippen molar-refractivity contribution in [3.8, 4) is 0 Å². The normalized spacial score (nSPS) is 26.8. The summed E-state index contributed by atoms with van der Waals surface area (Å²) in [5.41, 5.74) is 1.08. The van der Waals surface area contributed by atoms with Crippen LogP contribution < -0.4 is 5.32 Å². The van der Waals surface area contributed by atoms with Crippen LogP contribution in [0.3, 0.4) is 0 Å². The molecule has 0 amide bonds. The lowest BCUT2D eigenvalue weighted by atomic mass is 10.2. The third-order valence-corrected chi connectivity index (χ3v) is 2.34. The molecule has 1 heterocycles. The Labute approximate surface area is 84.1 Å². The van der Waals surface area contributed by atoms with Gasteiger partial charge in [0.1, 0.15) is 12.0 Å². The van der Waals surface area contributed by atoms with Gasteiger partial charge in [-0.05, 0) is 12.5 Å². The van der Waals surface area contributed by atoms with E-state index in [4.69, 9.17) is 9.47 Å². The number of allylic oxidation sites excluding steroid dienone is 3. The zero-order valence-electron chi connectivity index (χ0n) is 8.32. The predicted octanol–water partition coefficient (Wildman–Crippen LogP) is 1.35. The van der Waals surface area contributed by atoms with Crippen LogP contribution >= 0.6 is 0 Å². The van der Waals surface area contributed by atoms with Crippen LogP contribution in [0.25, 0.3) is 0 Å². The van der Waals surface area contributed by atoms with Gasteiger partial charge in [0, 0.05) is 12.1 Å². The SMILES string of the molecule is COC1=C(C2NCCO2)C=CCC=C1. The van der Waals surface area contributed by atoms with Gasteiger partial charge in [-0.25, -0.2) is 0 Å². The van der Waals surface area contributed by atoms with Crippen molar-refractivity contribution in [1.82, 2.24) is 5.32 Å². The molecule has 3 nitrogen and oxygen atoms in total. The van der Waals surface area contributed by atoms with Gasteiger partial charge in [-0.15, -0.1) is 0 Å². The summed E-state index contributed by atoms with van der Waals surface area (Å²) in [6.45, 7) is 1.67. The Bertz CT molecular complexity index is 286. The number of methoxy groups -OCH3 is 1. The van der Waals surface area contributed by atoms with E-state index in [1.165, 1.54) is 0 Å². The van der Waals surface area contributed by atoms with Crippen molar-refractivity contribution < 1.29 is 9.47 Å². The zero-order chi connectivity index (χ0) is 9.80. The summed E-state index contributed by atoms with van der Waals surface area (Å²) in [5.74, 6) is 0.887. The number of ether oxygens (including phenoxy) is 2. The smallest absolute Gasteiger partial charge is 0.138 e. The van der Waals surface area contributed by atoms with E-state index >= 15 is 0 Å². The standard InChI is InChI=1S/C11H15NO2/c1-13-10-6-4-2-3-5-9(10)11-12-7-8-14-11/h3-6,11-12H,2,7-8H2,1H3. The summed E-state index contributed by atoms with van der Waals surface area (Å²) in [6.07, 6.45) is 9.20. The van der Waals surface area contributed by atoms with E-state index in [0.717, 1.165) is 30.9 Å². The molecule has 76 valence electrons. The van der Waals surface area contributed by atoms with Gasteiger partial charge in [0.2, 0.25) is 0 Å². The third kappa shape index (κ3) is 1.89. The number of hydrogen-bond donors (Lipinski definition) is 1. The van der Waals surface area contributed by atoms with Gasteiger partial charge in [-0.3, -0.25) is 5.32 Å². The van der Waals surface area contributed by atoms with Gasteiger partial charge < -0.3 is 9.47 Å². The summed E-state index contributed by atoms with van der Waals surface area (Å²) in [6, 6.07) is 0. The van der Waals surface area contributed by atoms with E-state index in [0.29, 0.717) is 0 Å². The van der Waals surface area contributed by atoms with Gasteiger partial charge in [-0.2, -0.15) is 0 Å². The zero-order valence-corrected chi connectivity index (χ0v) is 8.32. The van der Waals surface area contributed by atoms with Gasteiger partial charge >= 0.3 is 0 Å². The van der Waals surface area contributed by atoms with E-state index < -0.39 is 0 Å². The maximum atomic E-state index is 5.55. The molecule has 0 aromatic carbocycles. The van der Waals surface area contributed by atoms with Crippen LogP contribution in [0.2, 0.25) is 0 Å². The van der Waals surface area contributed by atoms with E-state index in [-0.39, 0.29) is 6.23 Å². The van der Waals surface area contributed by atoms with Crippen LogP contribution in [0, 0.1) is 0 Å². The topological polar surface area (TPSA) is 30.5 Å². The lowest BCUT2D eigenvalue weighted by Crippen LogP contribution is -2.25. The average molecular weight is 193 g/mol. The van der Waals surface area contributed by atoms with Crippen molar-refractivity contribution >= 4 is 0 Å². The first-order chi connectivity index (χ1) is 6.92. The number of nitrogens with one attached hydrogen (secondary N) is 1. The molecule has 0 radical (unpaired) electrons. The maximum Gasteiger partial charge on any atom is 0.138 e. The Balaban J connectivity index is 2.25. The molecule has 0 bridgehead atoms. The van der Waals surface area contributed by atoms with Crippen LogP contribution in [0.5, 0.6) is 0 Å². The van der Waals surface area contributed by atoms with E-state index in [1.54, 1.807) is 7.11 Å². The van der Waals surface area contributed by atoms with Crippen LogP contribution in [0.15, 0.2) is 35.6 Å². The van der Waals surface area contributed by atoms with Crippen molar-refractivity contribution in [1.29, 1.82) is 0 Å². The second kappa shape index (κ2) is 4.44. The van der Waals surface area contributed by atoms with Crippen molar-refractivity contribution in [3.05, 3.63) is 35.6 Å². The molecule has 1 aliphatic heterocycles. The fourth-order valence-corrected chi connectivity index (χ4v) is 1.65. The molecule has 14 heavy (non-hydrogen) atoms. The molecule has 3 heteroatoms. The van der Waals surface area contributed by atoms with Gasteiger partial charge in [0.15, 0.2) is 0 Å². The highest BCUT2D eigenvalue weighted by atomic mass is 16.5. The summed E-state index contributed by atoms with van der Waals surface area (Å²) in [7, 11) is 1.69. The highest BCUT2D eigenvalue weighted by Gasteiger charge is 2.21. The molecular weight excluding hydrogens is 178 g/mol. The minimum Gasteiger partial charge on any atom is -0.496 e. The first-order valence-corrected chi connectivity index (χ1v) is 4.88. The summed E-state index contributed by atoms with van der Waals surface area (Å²) >= 11 is 0. The largest absolute Gasteiger partial charge is 0.496 e.